The number of amides is 1. The van der Waals surface area contributed by atoms with E-state index in [1.54, 1.807) is 30.3 Å². The maximum atomic E-state index is 12.2. The van der Waals surface area contributed by atoms with Crippen LogP contribution in [0.2, 0.25) is 0 Å². The van der Waals surface area contributed by atoms with Crippen LogP contribution < -0.4 is 10.6 Å². The summed E-state index contributed by atoms with van der Waals surface area (Å²) >= 11 is 0. The number of rotatable bonds is 12. The summed E-state index contributed by atoms with van der Waals surface area (Å²) in [6, 6.07) is 11.8. The number of aliphatic hydroxyl groups is 1. The smallest absolute Gasteiger partial charge is 0.326 e. The van der Waals surface area contributed by atoms with Gasteiger partial charge in [-0.2, -0.15) is 0 Å². The standard InChI is InChI=1S/C25H33N3O4/c29-22(18-10-5-4-6-11-18)24(30)28-21(25(31)32)14-8-3-1-2-7-13-20-16-15-19-12-9-17-26-23(19)27-20/h4-6,10-11,15-16,21-22,29H,1-3,7-9,12-14,17H2,(H,26,27)(H,28,30)(H,31,32)/t21-,22-/m0/s1. The second kappa shape index (κ2) is 12.2. The summed E-state index contributed by atoms with van der Waals surface area (Å²) in [7, 11) is 0. The van der Waals surface area contributed by atoms with Crippen LogP contribution in [-0.4, -0.2) is 39.7 Å². The lowest BCUT2D eigenvalue weighted by molar-refractivity contribution is -0.143. The lowest BCUT2D eigenvalue weighted by atomic mass is 10.0. The highest BCUT2D eigenvalue weighted by Gasteiger charge is 2.24. The Morgan fingerprint density at radius 1 is 1.03 bits per heavy atom. The van der Waals surface area contributed by atoms with Gasteiger partial charge in [0.25, 0.3) is 5.91 Å². The van der Waals surface area contributed by atoms with Crippen LogP contribution in [0.5, 0.6) is 0 Å². The molecule has 3 rings (SSSR count). The van der Waals surface area contributed by atoms with Crippen molar-refractivity contribution in [1.82, 2.24) is 10.3 Å². The molecule has 32 heavy (non-hydrogen) atoms. The number of carboxylic acid groups (broad SMARTS) is 1. The Balaban J connectivity index is 1.32. The molecule has 0 spiro atoms. The number of aryl methyl sites for hydroxylation is 2. The van der Waals surface area contributed by atoms with E-state index in [0.717, 1.165) is 63.0 Å². The molecule has 2 heterocycles. The minimum absolute atomic E-state index is 0.348. The number of nitrogens with zero attached hydrogens (tertiary/aromatic N) is 1. The van der Waals surface area contributed by atoms with Crippen LogP contribution in [0, 0.1) is 0 Å². The van der Waals surface area contributed by atoms with Crippen molar-refractivity contribution in [1.29, 1.82) is 0 Å². The fraction of sp³-hybridized carbons (Fsp3) is 0.480. The average Bonchev–Trinajstić information content (AvgIpc) is 2.82. The zero-order chi connectivity index (χ0) is 22.8. The Labute approximate surface area is 189 Å². The van der Waals surface area contributed by atoms with Crippen LogP contribution in [0.15, 0.2) is 42.5 Å². The molecule has 0 radical (unpaired) electrons. The van der Waals surface area contributed by atoms with Gasteiger partial charge in [-0.3, -0.25) is 4.79 Å². The van der Waals surface area contributed by atoms with Crippen molar-refractivity contribution >= 4 is 17.7 Å². The van der Waals surface area contributed by atoms with Crippen molar-refractivity contribution in [3.05, 3.63) is 59.3 Å². The summed E-state index contributed by atoms with van der Waals surface area (Å²) in [5, 5.41) is 25.4. The average molecular weight is 440 g/mol. The highest BCUT2D eigenvalue weighted by atomic mass is 16.4. The molecule has 7 heteroatoms. The molecule has 2 atom stereocenters. The summed E-state index contributed by atoms with van der Waals surface area (Å²) in [6.07, 6.45) is 6.91. The quantitative estimate of drug-likeness (QED) is 0.376. The van der Waals surface area contributed by atoms with Gasteiger partial charge < -0.3 is 20.8 Å². The number of hydrogen-bond donors (Lipinski definition) is 4. The maximum Gasteiger partial charge on any atom is 0.326 e. The van der Waals surface area contributed by atoms with Gasteiger partial charge in [0.15, 0.2) is 6.10 Å². The van der Waals surface area contributed by atoms with Gasteiger partial charge in [-0.05, 0) is 49.3 Å². The molecule has 7 nitrogen and oxygen atoms in total. The largest absolute Gasteiger partial charge is 0.480 e. The predicted octanol–water partition coefficient (Wildman–Crippen LogP) is 3.63. The molecule has 0 saturated heterocycles. The van der Waals surface area contributed by atoms with Gasteiger partial charge in [-0.25, -0.2) is 9.78 Å². The van der Waals surface area contributed by atoms with E-state index in [-0.39, 0.29) is 0 Å². The number of anilines is 1. The molecule has 1 aromatic carbocycles. The third-order valence-corrected chi connectivity index (χ3v) is 5.86. The van der Waals surface area contributed by atoms with Crippen LogP contribution in [0.25, 0.3) is 0 Å². The Morgan fingerprint density at radius 2 is 1.78 bits per heavy atom. The summed E-state index contributed by atoms with van der Waals surface area (Å²) in [5.74, 6) is -0.728. The number of unbranched alkanes of at least 4 members (excludes halogenated alkanes) is 4. The monoisotopic (exact) mass is 439 g/mol. The van der Waals surface area contributed by atoms with Crippen LogP contribution in [-0.2, 0) is 22.4 Å². The predicted molar refractivity (Wildman–Crippen MR) is 123 cm³/mol. The normalized spacial score (nSPS) is 14.7. The number of pyridine rings is 1. The number of carbonyl (C=O) groups excluding carboxylic acids is 1. The summed E-state index contributed by atoms with van der Waals surface area (Å²) in [4.78, 5) is 28.4. The molecule has 1 aliphatic rings. The van der Waals surface area contributed by atoms with Gasteiger partial charge in [0, 0.05) is 12.2 Å². The molecular formula is C25H33N3O4. The Hall–Kier alpha value is -2.93. The van der Waals surface area contributed by atoms with E-state index in [1.165, 1.54) is 5.56 Å². The van der Waals surface area contributed by atoms with E-state index >= 15 is 0 Å². The van der Waals surface area contributed by atoms with E-state index in [2.05, 4.69) is 22.8 Å². The van der Waals surface area contributed by atoms with Gasteiger partial charge in [0.05, 0.1) is 0 Å². The van der Waals surface area contributed by atoms with Crippen molar-refractivity contribution in [2.45, 2.75) is 69.9 Å². The Morgan fingerprint density at radius 3 is 2.56 bits per heavy atom. The van der Waals surface area contributed by atoms with Crippen molar-refractivity contribution in [3.63, 3.8) is 0 Å². The van der Waals surface area contributed by atoms with E-state index < -0.39 is 24.0 Å². The topological polar surface area (TPSA) is 112 Å². The van der Waals surface area contributed by atoms with Gasteiger partial charge in [0.1, 0.15) is 11.9 Å². The molecule has 1 aliphatic heterocycles. The third-order valence-electron chi connectivity index (χ3n) is 5.86. The molecule has 0 saturated carbocycles. The van der Waals surface area contributed by atoms with Crippen molar-refractivity contribution < 1.29 is 19.8 Å². The number of nitrogens with one attached hydrogen (secondary N) is 2. The van der Waals surface area contributed by atoms with Gasteiger partial charge in [-0.1, -0.05) is 62.1 Å². The van der Waals surface area contributed by atoms with Crippen LogP contribution in [0.1, 0.15) is 67.9 Å². The first-order valence-corrected chi connectivity index (χ1v) is 11.5. The SMILES string of the molecule is O=C(O)[C@H](CCCCCCCc1ccc2c(n1)NCCC2)NC(=O)[C@@H](O)c1ccccc1. The number of fused-ring (bicyclic) bond motifs is 1. The highest BCUT2D eigenvalue weighted by Crippen LogP contribution is 2.20. The van der Waals surface area contributed by atoms with Crippen molar-refractivity contribution in [3.8, 4) is 0 Å². The van der Waals surface area contributed by atoms with Gasteiger partial charge >= 0.3 is 5.97 Å². The first-order valence-electron chi connectivity index (χ1n) is 11.5. The summed E-state index contributed by atoms with van der Waals surface area (Å²) < 4.78 is 0. The van der Waals surface area contributed by atoms with Crippen LogP contribution in [0.4, 0.5) is 5.82 Å². The molecule has 0 fully saturated rings. The Bertz CT molecular complexity index is 888. The number of aromatic nitrogens is 1. The zero-order valence-corrected chi connectivity index (χ0v) is 18.4. The van der Waals surface area contributed by atoms with E-state index in [1.807, 2.05) is 0 Å². The minimum atomic E-state index is -1.37. The molecule has 4 N–H and O–H groups in total. The zero-order valence-electron chi connectivity index (χ0n) is 18.4. The molecule has 1 amide bonds. The lowest BCUT2D eigenvalue weighted by Gasteiger charge is -2.17. The first-order chi connectivity index (χ1) is 15.5. The number of carbonyl (C=O) groups is 2. The fourth-order valence-corrected chi connectivity index (χ4v) is 3.99. The van der Waals surface area contributed by atoms with Crippen molar-refractivity contribution in [2.24, 2.45) is 0 Å². The number of carboxylic acids is 1. The summed E-state index contributed by atoms with van der Waals surface area (Å²) in [5.41, 5.74) is 2.86. The number of hydrogen-bond acceptors (Lipinski definition) is 5. The van der Waals surface area contributed by atoms with Crippen LogP contribution >= 0.6 is 0 Å². The number of aliphatic hydroxyl groups excluding tert-OH is 1. The molecule has 0 unspecified atom stereocenters. The molecule has 0 bridgehead atoms. The van der Waals surface area contributed by atoms with E-state index in [9.17, 15) is 19.8 Å². The molecule has 0 aliphatic carbocycles. The molecule has 1 aromatic heterocycles. The minimum Gasteiger partial charge on any atom is -0.480 e. The second-order valence-corrected chi connectivity index (χ2v) is 8.36. The maximum absolute atomic E-state index is 12.2. The fourth-order valence-electron chi connectivity index (χ4n) is 3.99. The molecule has 172 valence electrons. The van der Waals surface area contributed by atoms with E-state index in [0.29, 0.717) is 18.4 Å². The number of aliphatic carboxylic acids is 1. The van der Waals surface area contributed by atoms with Gasteiger partial charge in [-0.15, -0.1) is 0 Å². The highest BCUT2D eigenvalue weighted by molar-refractivity contribution is 5.86. The summed E-state index contributed by atoms with van der Waals surface area (Å²) in [6.45, 7) is 0.993. The lowest BCUT2D eigenvalue weighted by Crippen LogP contribution is -2.43. The number of benzene rings is 1. The Kier molecular flexibility index (Phi) is 9.04. The molecule has 2 aromatic rings. The van der Waals surface area contributed by atoms with Gasteiger partial charge in [0.2, 0.25) is 0 Å². The first kappa shape index (κ1) is 23.7. The van der Waals surface area contributed by atoms with Crippen LogP contribution in [0.3, 0.4) is 0 Å². The van der Waals surface area contributed by atoms with E-state index in [4.69, 9.17) is 4.98 Å². The third kappa shape index (κ3) is 7.05. The van der Waals surface area contributed by atoms with Crippen molar-refractivity contribution in [2.75, 3.05) is 11.9 Å². The second-order valence-electron chi connectivity index (χ2n) is 8.36. The molecular weight excluding hydrogens is 406 g/mol.